The van der Waals surface area contributed by atoms with E-state index in [0.717, 1.165) is 25.3 Å². The summed E-state index contributed by atoms with van der Waals surface area (Å²) in [4.78, 5) is 34.1. The summed E-state index contributed by atoms with van der Waals surface area (Å²) in [5, 5.41) is 13.7. The molecule has 7 nitrogen and oxygen atoms in total. The van der Waals surface area contributed by atoms with Gasteiger partial charge in [-0.1, -0.05) is 38.3 Å². The number of nitro benzene ring substituents is 1. The minimum atomic E-state index is -0.806. The van der Waals surface area contributed by atoms with Gasteiger partial charge >= 0.3 is 5.97 Å². The number of benzene rings is 1. The maximum atomic E-state index is 12.0. The Balaban J connectivity index is 1.90. The smallest absolute Gasteiger partial charge is 0.338 e. The molecule has 136 valence electrons. The lowest BCUT2D eigenvalue weighted by Crippen LogP contribution is -2.45. The maximum absolute atomic E-state index is 12.0. The Morgan fingerprint density at radius 1 is 1.36 bits per heavy atom. The molecule has 0 bridgehead atoms. The van der Waals surface area contributed by atoms with Crippen molar-refractivity contribution in [2.75, 3.05) is 6.61 Å². The number of halogens is 1. The highest BCUT2D eigenvalue weighted by molar-refractivity contribution is 6.32. The standard InChI is InChI=1S/C17H21ClN2O5/c1-10-4-3-5-14(11(10)2)19-16(21)9-25-17(22)12-6-7-13(18)15(8-12)20(23)24/h6-8,10-11,14H,3-5,9H2,1-2H3,(H,19,21)/t10-,11+,14-/m0/s1. The van der Waals surface area contributed by atoms with Crippen LogP contribution in [0.25, 0.3) is 0 Å². The number of rotatable bonds is 5. The lowest BCUT2D eigenvalue weighted by atomic mass is 9.78. The fourth-order valence-electron chi connectivity index (χ4n) is 3.03. The monoisotopic (exact) mass is 368 g/mol. The van der Waals surface area contributed by atoms with Crippen molar-refractivity contribution in [3.05, 3.63) is 38.9 Å². The van der Waals surface area contributed by atoms with Gasteiger partial charge in [-0.2, -0.15) is 0 Å². The summed E-state index contributed by atoms with van der Waals surface area (Å²) in [6.45, 7) is 3.84. The number of nitro groups is 1. The highest BCUT2D eigenvalue weighted by atomic mass is 35.5. The van der Waals surface area contributed by atoms with Gasteiger partial charge < -0.3 is 10.1 Å². The number of nitrogens with zero attached hydrogens (tertiary/aromatic N) is 1. The third-order valence-corrected chi connectivity index (χ3v) is 5.09. The Bertz CT molecular complexity index is 679. The Hall–Kier alpha value is -2.15. The lowest BCUT2D eigenvalue weighted by molar-refractivity contribution is -0.384. The molecule has 25 heavy (non-hydrogen) atoms. The molecule has 1 aromatic rings. The van der Waals surface area contributed by atoms with Crippen molar-refractivity contribution in [1.82, 2.24) is 5.32 Å². The van der Waals surface area contributed by atoms with Crippen molar-refractivity contribution >= 4 is 29.2 Å². The molecule has 3 atom stereocenters. The second-order valence-electron chi connectivity index (χ2n) is 6.44. The van der Waals surface area contributed by atoms with E-state index in [4.69, 9.17) is 16.3 Å². The van der Waals surface area contributed by atoms with E-state index in [1.807, 2.05) is 0 Å². The van der Waals surface area contributed by atoms with Crippen LogP contribution in [0, 0.1) is 22.0 Å². The lowest BCUT2D eigenvalue weighted by Gasteiger charge is -2.34. The van der Waals surface area contributed by atoms with Gasteiger partial charge in [0.05, 0.1) is 10.5 Å². The first kappa shape index (κ1) is 19.2. The van der Waals surface area contributed by atoms with Gasteiger partial charge in [-0.3, -0.25) is 14.9 Å². The first-order chi connectivity index (χ1) is 11.8. The second kappa shape index (κ2) is 8.29. The van der Waals surface area contributed by atoms with Gasteiger partial charge in [0.2, 0.25) is 0 Å². The zero-order chi connectivity index (χ0) is 18.6. The predicted octanol–water partition coefficient (Wildman–Crippen LogP) is 3.35. The zero-order valence-corrected chi connectivity index (χ0v) is 14.9. The number of nitrogens with one attached hydrogen (secondary N) is 1. The summed E-state index contributed by atoms with van der Waals surface area (Å²) in [5.74, 6) is -0.272. The molecule has 1 aliphatic rings. The van der Waals surface area contributed by atoms with Crippen molar-refractivity contribution in [2.24, 2.45) is 11.8 Å². The van der Waals surface area contributed by atoms with Crippen molar-refractivity contribution in [3.63, 3.8) is 0 Å². The highest BCUT2D eigenvalue weighted by Gasteiger charge is 2.28. The molecule has 1 aliphatic carbocycles. The molecule has 1 fully saturated rings. The fourth-order valence-corrected chi connectivity index (χ4v) is 3.21. The second-order valence-corrected chi connectivity index (χ2v) is 6.85. The van der Waals surface area contributed by atoms with Crippen LogP contribution in [-0.4, -0.2) is 29.4 Å². The molecular weight excluding hydrogens is 348 g/mol. The molecule has 0 spiro atoms. The largest absolute Gasteiger partial charge is 0.452 e. The highest BCUT2D eigenvalue weighted by Crippen LogP contribution is 2.29. The van der Waals surface area contributed by atoms with E-state index in [1.165, 1.54) is 12.1 Å². The van der Waals surface area contributed by atoms with Gasteiger partial charge in [-0.15, -0.1) is 0 Å². The van der Waals surface area contributed by atoms with E-state index >= 15 is 0 Å². The summed E-state index contributed by atoms with van der Waals surface area (Å²) in [5.41, 5.74) is -0.408. The Kier molecular flexibility index (Phi) is 6.36. The molecule has 0 saturated heterocycles. The third kappa shape index (κ3) is 4.92. The van der Waals surface area contributed by atoms with Gasteiger partial charge in [0.1, 0.15) is 5.02 Å². The molecule has 1 N–H and O–H groups in total. The van der Waals surface area contributed by atoms with E-state index in [1.54, 1.807) is 0 Å². The maximum Gasteiger partial charge on any atom is 0.338 e. The minimum absolute atomic E-state index is 0.0245. The summed E-state index contributed by atoms with van der Waals surface area (Å²) in [6.07, 6.45) is 3.12. The third-order valence-electron chi connectivity index (χ3n) is 4.77. The molecule has 1 aromatic carbocycles. The molecule has 0 heterocycles. The molecular formula is C17H21ClN2O5. The van der Waals surface area contributed by atoms with Crippen molar-refractivity contribution in [1.29, 1.82) is 0 Å². The Labute approximate surface area is 150 Å². The normalized spacial score (nSPS) is 22.9. The van der Waals surface area contributed by atoms with Crippen LogP contribution in [0.3, 0.4) is 0 Å². The van der Waals surface area contributed by atoms with Crippen molar-refractivity contribution in [3.8, 4) is 0 Å². The average molecular weight is 369 g/mol. The van der Waals surface area contributed by atoms with Crippen LogP contribution in [-0.2, 0) is 9.53 Å². The average Bonchev–Trinajstić information content (AvgIpc) is 2.57. The van der Waals surface area contributed by atoms with E-state index in [9.17, 15) is 19.7 Å². The van der Waals surface area contributed by atoms with Crippen LogP contribution >= 0.6 is 11.6 Å². The summed E-state index contributed by atoms with van der Waals surface area (Å²) in [7, 11) is 0. The molecule has 0 aromatic heterocycles. The topological polar surface area (TPSA) is 98.5 Å². The molecule has 0 aliphatic heterocycles. The summed E-state index contributed by atoms with van der Waals surface area (Å²) in [6, 6.07) is 3.68. The first-order valence-corrected chi connectivity index (χ1v) is 8.57. The van der Waals surface area contributed by atoms with Crippen molar-refractivity contribution < 1.29 is 19.2 Å². The molecule has 2 rings (SSSR count). The summed E-state index contributed by atoms with van der Waals surface area (Å²) >= 11 is 5.70. The van der Waals surface area contributed by atoms with Gasteiger partial charge in [0, 0.05) is 12.1 Å². The quantitative estimate of drug-likeness (QED) is 0.488. The van der Waals surface area contributed by atoms with Gasteiger partial charge in [-0.05, 0) is 30.4 Å². The number of esters is 1. The predicted molar refractivity (Wildman–Crippen MR) is 92.5 cm³/mol. The van der Waals surface area contributed by atoms with Gasteiger partial charge in [0.15, 0.2) is 6.61 Å². The SMILES string of the molecule is C[C@H]1[C@@H](NC(=O)COC(=O)c2ccc(Cl)c([N+](=O)[O-])c2)CCC[C@@H]1C. The van der Waals surface area contributed by atoms with Crippen LogP contribution in [0.1, 0.15) is 43.5 Å². The van der Waals surface area contributed by atoms with Crippen LogP contribution in [0.5, 0.6) is 0 Å². The number of carbonyl (C=O) groups excluding carboxylic acids is 2. The van der Waals surface area contributed by atoms with Crippen LogP contribution in [0.2, 0.25) is 5.02 Å². The number of amides is 1. The van der Waals surface area contributed by atoms with Crippen LogP contribution in [0.15, 0.2) is 18.2 Å². The number of ether oxygens (including phenoxy) is 1. The van der Waals surface area contributed by atoms with Gasteiger partial charge in [-0.25, -0.2) is 4.79 Å². The molecule has 8 heteroatoms. The molecule has 0 radical (unpaired) electrons. The van der Waals surface area contributed by atoms with E-state index < -0.39 is 17.5 Å². The number of carbonyl (C=O) groups is 2. The molecule has 0 unspecified atom stereocenters. The first-order valence-electron chi connectivity index (χ1n) is 8.20. The Morgan fingerprint density at radius 3 is 2.76 bits per heavy atom. The zero-order valence-electron chi connectivity index (χ0n) is 14.2. The molecule has 1 saturated carbocycles. The summed E-state index contributed by atoms with van der Waals surface area (Å²) < 4.78 is 4.95. The van der Waals surface area contributed by atoms with Crippen LogP contribution < -0.4 is 5.32 Å². The van der Waals surface area contributed by atoms with E-state index in [2.05, 4.69) is 19.2 Å². The van der Waals surface area contributed by atoms with Gasteiger partial charge in [0.25, 0.3) is 11.6 Å². The van der Waals surface area contributed by atoms with Crippen molar-refractivity contribution in [2.45, 2.75) is 39.2 Å². The van der Waals surface area contributed by atoms with E-state index in [0.29, 0.717) is 11.8 Å². The van der Waals surface area contributed by atoms with Crippen LogP contribution in [0.4, 0.5) is 5.69 Å². The van der Waals surface area contributed by atoms with E-state index in [-0.39, 0.29) is 28.2 Å². The minimum Gasteiger partial charge on any atom is -0.452 e. The Morgan fingerprint density at radius 2 is 2.08 bits per heavy atom. The number of hydrogen-bond donors (Lipinski definition) is 1. The fraction of sp³-hybridized carbons (Fsp3) is 0.529. The molecule has 1 amide bonds. The number of hydrogen-bond acceptors (Lipinski definition) is 5.